The van der Waals surface area contributed by atoms with Crippen LogP contribution >= 0.6 is 0 Å². The van der Waals surface area contributed by atoms with Gasteiger partial charge in [-0.3, -0.25) is 13.6 Å². The Morgan fingerprint density at radius 1 is 1.42 bits per heavy atom. The van der Waals surface area contributed by atoms with Gasteiger partial charge in [0.15, 0.2) is 0 Å². The molecule has 7 nitrogen and oxygen atoms in total. The summed E-state index contributed by atoms with van der Waals surface area (Å²) in [5.74, 6) is -0.203. The molecule has 0 saturated carbocycles. The van der Waals surface area contributed by atoms with Crippen LogP contribution in [-0.4, -0.2) is 37.7 Å². The number of benzene rings is 1. The van der Waals surface area contributed by atoms with Crippen LogP contribution in [0, 0.1) is 25.2 Å². The first-order valence-electron chi connectivity index (χ1n) is 7.40. The van der Waals surface area contributed by atoms with E-state index in [1.165, 1.54) is 17.2 Å². The Balaban J connectivity index is 2.32. The van der Waals surface area contributed by atoms with E-state index in [2.05, 4.69) is 16.3 Å². The summed E-state index contributed by atoms with van der Waals surface area (Å²) in [7, 11) is -1.33. The molecule has 1 atom stereocenters. The molecular formula is C16H19N5O2S. The molecule has 0 aliphatic carbocycles. The maximum atomic E-state index is 12.8. The van der Waals surface area contributed by atoms with Gasteiger partial charge in [-0.2, -0.15) is 5.26 Å². The van der Waals surface area contributed by atoms with E-state index in [0.717, 1.165) is 16.8 Å². The summed E-state index contributed by atoms with van der Waals surface area (Å²) in [5, 5.41) is 16.6. The van der Waals surface area contributed by atoms with Gasteiger partial charge in [-0.15, -0.1) is 10.2 Å². The van der Waals surface area contributed by atoms with Crippen LogP contribution in [0.3, 0.4) is 0 Å². The van der Waals surface area contributed by atoms with Crippen LogP contribution in [0.1, 0.15) is 17.5 Å². The van der Waals surface area contributed by atoms with Gasteiger partial charge in [0, 0.05) is 18.5 Å². The number of hydrogen-bond donors (Lipinski definition) is 0. The van der Waals surface area contributed by atoms with Crippen molar-refractivity contribution < 1.29 is 9.00 Å². The fraction of sp³-hybridized carbons (Fsp3) is 0.375. The maximum absolute atomic E-state index is 12.8. The van der Waals surface area contributed by atoms with Crippen molar-refractivity contribution in [2.24, 2.45) is 0 Å². The van der Waals surface area contributed by atoms with Crippen molar-refractivity contribution >= 4 is 22.4 Å². The Morgan fingerprint density at radius 2 is 2.17 bits per heavy atom. The molecule has 2 rings (SSSR count). The van der Waals surface area contributed by atoms with Gasteiger partial charge in [0.25, 0.3) is 0 Å². The number of anilines is 1. The Morgan fingerprint density at radius 3 is 2.83 bits per heavy atom. The summed E-state index contributed by atoms with van der Waals surface area (Å²) in [6.45, 7) is 4.19. The van der Waals surface area contributed by atoms with Crippen molar-refractivity contribution in [3.8, 4) is 6.07 Å². The molecule has 1 heterocycles. The minimum Gasteiger partial charge on any atom is -0.310 e. The number of hydrogen-bond acceptors (Lipinski definition) is 5. The molecule has 8 heteroatoms. The predicted molar refractivity (Wildman–Crippen MR) is 90.9 cm³/mol. The van der Waals surface area contributed by atoms with E-state index in [0.29, 0.717) is 6.54 Å². The minimum atomic E-state index is -1.33. The zero-order chi connectivity index (χ0) is 17.7. The predicted octanol–water partition coefficient (Wildman–Crippen LogP) is 1.58. The number of carbonyl (C=O) groups excluding carboxylic acids is 1. The van der Waals surface area contributed by atoms with Gasteiger partial charge in [0.2, 0.25) is 11.1 Å². The number of nitriles is 1. The Bertz CT molecular complexity index is 809. The van der Waals surface area contributed by atoms with E-state index in [1.807, 2.05) is 32.0 Å². The Kier molecular flexibility index (Phi) is 5.82. The lowest BCUT2D eigenvalue weighted by molar-refractivity contribution is -0.119. The van der Waals surface area contributed by atoms with Gasteiger partial charge < -0.3 is 4.90 Å². The average molecular weight is 345 g/mol. The number of aryl methyl sites for hydroxylation is 1. The molecule has 126 valence electrons. The van der Waals surface area contributed by atoms with Crippen LogP contribution in [0.4, 0.5) is 5.69 Å². The highest BCUT2D eigenvalue weighted by atomic mass is 32.2. The molecule has 0 aliphatic rings. The third-order valence-corrected chi connectivity index (χ3v) is 4.59. The Labute approximate surface area is 143 Å². The van der Waals surface area contributed by atoms with Gasteiger partial charge in [0.05, 0.1) is 23.3 Å². The van der Waals surface area contributed by atoms with Gasteiger partial charge in [0.1, 0.15) is 12.9 Å². The van der Waals surface area contributed by atoms with Crippen molar-refractivity contribution in [1.29, 1.82) is 5.26 Å². The summed E-state index contributed by atoms with van der Waals surface area (Å²) in [4.78, 5) is 14.4. The van der Waals surface area contributed by atoms with E-state index >= 15 is 0 Å². The number of nitrogens with zero attached hydrogens (tertiary/aromatic N) is 5. The molecule has 0 aliphatic heterocycles. The third-order valence-electron chi connectivity index (χ3n) is 3.76. The van der Waals surface area contributed by atoms with E-state index in [4.69, 9.17) is 5.26 Å². The van der Waals surface area contributed by atoms with Crippen LogP contribution < -0.4 is 4.90 Å². The second kappa shape index (κ2) is 7.84. The van der Waals surface area contributed by atoms with Crippen LogP contribution in [-0.2, 0) is 22.1 Å². The molecule has 0 radical (unpaired) electrons. The maximum Gasteiger partial charge on any atom is 0.247 e. The first-order chi connectivity index (χ1) is 11.5. The normalized spacial score (nSPS) is 11.8. The molecular weight excluding hydrogens is 326 g/mol. The fourth-order valence-electron chi connectivity index (χ4n) is 2.38. The Hall–Kier alpha value is -2.53. The minimum absolute atomic E-state index is 0.0271. The number of rotatable bonds is 6. The standard InChI is InChI=1S/C16H19N5O2S/c1-12-6-4-7-14(13(12)2)21(9-5-8-17)15(22)10-20-11-18-19-16(20)24(3)23/h4,6-7,11H,5,9-10H2,1-3H3/t24-/m0/s1. The second-order valence-corrected chi connectivity index (χ2v) is 6.64. The molecule has 0 saturated heterocycles. The smallest absolute Gasteiger partial charge is 0.247 e. The molecule has 0 unspecified atom stereocenters. The summed E-state index contributed by atoms with van der Waals surface area (Å²) in [6, 6.07) is 7.80. The van der Waals surface area contributed by atoms with Gasteiger partial charge in [-0.25, -0.2) is 0 Å². The lowest BCUT2D eigenvalue weighted by atomic mass is 10.1. The van der Waals surface area contributed by atoms with Gasteiger partial charge >= 0.3 is 0 Å². The van der Waals surface area contributed by atoms with Crippen molar-refractivity contribution in [1.82, 2.24) is 14.8 Å². The zero-order valence-corrected chi connectivity index (χ0v) is 14.7. The van der Waals surface area contributed by atoms with Crippen LogP contribution in [0.15, 0.2) is 29.7 Å². The molecule has 0 fully saturated rings. The number of aromatic nitrogens is 3. The van der Waals surface area contributed by atoms with Gasteiger partial charge in [-0.05, 0) is 31.0 Å². The van der Waals surface area contributed by atoms with Crippen molar-refractivity contribution in [2.45, 2.75) is 32.0 Å². The van der Waals surface area contributed by atoms with E-state index in [-0.39, 0.29) is 24.0 Å². The average Bonchev–Trinajstić information content (AvgIpc) is 3.00. The van der Waals surface area contributed by atoms with Crippen LogP contribution in [0.2, 0.25) is 0 Å². The van der Waals surface area contributed by atoms with Crippen LogP contribution in [0.25, 0.3) is 0 Å². The van der Waals surface area contributed by atoms with E-state index in [9.17, 15) is 9.00 Å². The molecule has 24 heavy (non-hydrogen) atoms. The van der Waals surface area contributed by atoms with E-state index in [1.54, 1.807) is 4.90 Å². The lowest BCUT2D eigenvalue weighted by Gasteiger charge is -2.24. The highest BCUT2D eigenvalue weighted by molar-refractivity contribution is 7.84. The van der Waals surface area contributed by atoms with Gasteiger partial charge in [-0.1, -0.05) is 12.1 Å². The van der Waals surface area contributed by atoms with E-state index < -0.39 is 10.8 Å². The summed E-state index contributed by atoms with van der Waals surface area (Å²) < 4.78 is 13.1. The lowest BCUT2D eigenvalue weighted by Crippen LogP contribution is -2.35. The second-order valence-electron chi connectivity index (χ2n) is 5.37. The summed E-state index contributed by atoms with van der Waals surface area (Å²) in [5.41, 5.74) is 2.84. The summed E-state index contributed by atoms with van der Waals surface area (Å²) >= 11 is 0. The molecule has 1 amide bonds. The first-order valence-corrected chi connectivity index (χ1v) is 8.96. The highest BCUT2D eigenvalue weighted by Gasteiger charge is 2.20. The molecule has 0 N–H and O–H groups in total. The zero-order valence-electron chi connectivity index (χ0n) is 13.9. The quantitative estimate of drug-likeness (QED) is 0.792. The number of carbonyl (C=O) groups is 1. The molecule has 0 bridgehead atoms. The molecule has 0 spiro atoms. The first kappa shape index (κ1) is 17.8. The van der Waals surface area contributed by atoms with Crippen molar-refractivity contribution in [3.63, 3.8) is 0 Å². The van der Waals surface area contributed by atoms with Crippen molar-refractivity contribution in [3.05, 3.63) is 35.7 Å². The SMILES string of the molecule is Cc1cccc(N(CCC#N)C(=O)Cn2cnnc2[S@](C)=O)c1C. The molecule has 1 aromatic carbocycles. The van der Waals surface area contributed by atoms with Crippen molar-refractivity contribution in [2.75, 3.05) is 17.7 Å². The summed E-state index contributed by atoms with van der Waals surface area (Å²) in [6.07, 6.45) is 3.11. The van der Waals surface area contributed by atoms with Crippen LogP contribution in [0.5, 0.6) is 0 Å². The monoisotopic (exact) mass is 345 g/mol. The third kappa shape index (κ3) is 3.86. The largest absolute Gasteiger partial charge is 0.310 e. The molecule has 1 aromatic heterocycles. The molecule has 2 aromatic rings. The number of amides is 1. The topological polar surface area (TPSA) is 91.9 Å². The fourth-order valence-corrected chi connectivity index (χ4v) is 2.98. The highest BCUT2D eigenvalue weighted by Crippen LogP contribution is 2.23.